The number of primary amides is 1. The number of allylic oxidation sites excluding steroid dienone is 4. The summed E-state index contributed by atoms with van der Waals surface area (Å²) in [6.45, 7) is 19.1. The highest BCUT2D eigenvalue weighted by atomic mass is 127. The fraction of sp³-hybridized carbons (Fsp3) is 0.253. The van der Waals surface area contributed by atoms with E-state index >= 15 is 0 Å². The van der Waals surface area contributed by atoms with Gasteiger partial charge in [-0.25, -0.2) is 15.0 Å². The molecule has 0 saturated carbocycles. The van der Waals surface area contributed by atoms with Crippen molar-refractivity contribution in [3.8, 4) is 63.2 Å². The molecule has 5 N–H and O–H groups in total. The number of rotatable bonds is 15. The Labute approximate surface area is 667 Å². The molecule has 0 bridgehead atoms. The summed E-state index contributed by atoms with van der Waals surface area (Å²) in [5.41, 5.74) is 21.6. The molecular formula is C75H71Cl3I2N18O11. The van der Waals surface area contributed by atoms with Crippen LogP contribution < -0.4 is 35.9 Å². The van der Waals surface area contributed by atoms with Gasteiger partial charge in [0.2, 0.25) is 64.6 Å². The van der Waals surface area contributed by atoms with Gasteiger partial charge < -0.3 is 38.0 Å². The van der Waals surface area contributed by atoms with Crippen LogP contribution in [-0.2, 0) is 48.7 Å². The number of amides is 4. The number of aromatic nitrogens is 14. The van der Waals surface area contributed by atoms with E-state index in [1.54, 1.807) is 37.2 Å². The number of nitrogens with two attached hydrogens (primary N) is 1. The van der Waals surface area contributed by atoms with Gasteiger partial charge >= 0.3 is 18.0 Å². The maximum Gasteiger partial charge on any atom is 0.328 e. The van der Waals surface area contributed by atoms with Gasteiger partial charge in [-0.3, -0.25) is 50.1 Å². The normalized spacial score (nSPS) is 12.5. The van der Waals surface area contributed by atoms with Crippen molar-refractivity contribution in [3.05, 3.63) is 202 Å². The summed E-state index contributed by atoms with van der Waals surface area (Å²) in [6, 6.07) is 24.3. The van der Waals surface area contributed by atoms with E-state index in [-0.39, 0.29) is 65.9 Å². The van der Waals surface area contributed by atoms with E-state index in [2.05, 4.69) is 174 Å². The summed E-state index contributed by atoms with van der Waals surface area (Å²) in [7, 11) is 0. The average molecular weight is 1760 g/mol. The molecule has 0 atom stereocenters. The molecule has 29 nitrogen and oxygen atoms in total. The lowest BCUT2D eigenvalue weighted by molar-refractivity contribution is -0.116. The van der Waals surface area contributed by atoms with Gasteiger partial charge in [0.05, 0.1) is 66.4 Å². The van der Waals surface area contributed by atoms with Gasteiger partial charge in [-0.2, -0.15) is 19.9 Å². The largest absolute Gasteiger partial charge is 0.474 e. The number of nitrogens with one attached hydrogen (secondary N) is 3. The van der Waals surface area contributed by atoms with Crippen molar-refractivity contribution in [3.63, 3.8) is 0 Å². The van der Waals surface area contributed by atoms with Crippen molar-refractivity contribution in [2.75, 3.05) is 16.0 Å². The smallest absolute Gasteiger partial charge is 0.328 e. The van der Waals surface area contributed by atoms with Gasteiger partial charge in [0.15, 0.2) is 0 Å². The molecule has 4 amide bonds. The molecule has 0 fully saturated rings. The molecule has 0 saturated heterocycles. The minimum atomic E-state index is -1.70. The van der Waals surface area contributed by atoms with Gasteiger partial charge in [0, 0.05) is 74.5 Å². The minimum absolute atomic E-state index is 0.0250. The molecular weight excluding hydrogens is 1690 g/mol. The maximum absolute atomic E-state index is 11.1. The van der Waals surface area contributed by atoms with Crippen LogP contribution in [0.2, 0.25) is 0 Å². The number of carbonyl (C=O) groups is 4. The van der Waals surface area contributed by atoms with Gasteiger partial charge in [0.25, 0.3) is 9.68 Å². The molecule has 4 aliphatic rings. The Morgan fingerprint density at radius 3 is 1.08 bits per heavy atom. The Bertz CT molecular complexity index is 5100. The summed E-state index contributed by atoms with van der Waals surface area (Å²) in [5, 5.41) is 23.0. The fourth-order valence-corrected chi connectivity index (χ4v) is 12.3. The van der Waals surface area contributed by atoms with E-state index in [0.29, 0.717) is 40.9 Å². The molecule has 34 heteroatoms. The molecule has 0 unspecified atom stereocenters. The highest BCUT2D eigenvalue weighted by molar-refractivity contribution is 14.1. The van der Waals surface area contributed by atoms with Crippen molar-refractivity contribution in [1.82, 2.24) is 70.5 Å². The quantitative estimate of drug-likeness (QED) is 0.0547. The Balaban J connectivity index is 0.000000147. The average Bonchev–Trinajstić information content (AvgIpc) is 1.66. The highest BCUT2D eigenvalue weighted by Crippen LogP contribution is 2.41. The van der Waals surface area contributed by atoms with Crippen molar-refractivity contribution in [2.45, 2.75) is 124 Å². The van der Waals surface area contributed by atoms with E-state index in [4.69, 9.17) is 67.1 Å². The second kappa shape index (κ2) is 36.9. The summed E-state index contributed by atoms with van der Waals surface area (Å²) >= 11 is 21.7. The van der Waals surface area contributed by atoms with Crippen molar-refractivity contribution >= 4 is 140 Å². The number of fused-ring (bicyclic) bond motifs is 4. The molecule has 11 aromatic rings. The SMILES string of the molecule is CC(=O)Nc1nc(-c2ccc3c(c2)C(I)=CC3)no1.CC(=O)Nc1nc(-c2ccc3c(c2)C(c2cncc(OC(C)C)n2)=CC3)no1.CC(=O)Nc1nc(-c2ccc3c(c2)C(c2cncc(OC(C)C)n2)=CC3)no1.CC(N)=O.Cc1cncc(OC(C)C)n1.ClC(Cl)(Cl)c1nc(-c2ccc3c(c2)C(I)=CC3)no1. The van der Waals surface area contributed by atoms with Crippen LogP contribution in [0.5, 0.6) is 17.6 Å². The van der Waals surface area contributed by atoms with Crippen LogP contribution in [0, 0.1) is 6.92 Å². The van der Waals surface area contributed by atoms with Gasteiger partial charge in [-0.1, -0.05) is 128 Å². The van der Waals surface area contributed by atoms with E-state index in [9.17, 15) is 19.2 Å². The molecule has 562 valence electrons. The first kappa shape index (κ1) is 80.8. The van der Waals surface area contributed by atoms with Crippen molar-refractivity contribution in [2.24, 2.45) is 5.73 Å². The zero-order valence-corrected chi connectivity index (χ0v) is 67.1. The monoisotopic (exact) mass is 1760 g/mol. The van der Waals surface area contributed by atoms with Crippen LogP contribution in [0.15, 0.2) is 152 Å². The number of hydrogen-bond donors (Lipinski definition) is 4. The highest BCUT2D eigenvalue weighted by Gasteiger charge is 2.31. The fourth-order valence-electron chi connectivity index (χ4n) is 10.6. The molecule has 7 heterocycles. The Hall–Kier alpha value is -10.8. The van der Waals surface area contributed by atoms with Crippen LogP contribution in [0.3, 0.4) is 0 Å². The van der Waals surface area contributed by atoms with Crippen molar-refractivity contribution < 1.29 is 51.5 Å². The Morgan fingerprint density at radius 2 is 0.752 bits per heavy atom. The van der Waals surface area contributed by atoms with E-state index < -0.39 is 3.79 Å². The van der Waals surface area contributed by atoms with Crippen molar-refractivity contribution in [1.29, 1.82) is 0 Å². The molecule has 15 rings (SSSR count). The lowest BCUT2D eigenvalue weighted by Gasteiger charge is -2.11. The predicted octanol–water partition coefficient (Wildman–Crippen LogP) is 15.5. The molecule has 0 spiro atoms. The van der Waals surface area contributed by atoms with E-state index in [1.807, 2.05) is 109 Å². The number of aryl methyl sites for hydroxylation is 1. The first-order valence-electron chi connectivity index (χ1n) is 33.6. The summed E-state index contributed by atoms with van der Waals surface area (Å²) in [4.78, 5) is 84.8. The lowest BCUT2D eigenvalue weighted by Crippen LogP contribution is -2.08. The number of carbonyl (C=O) groups excluding carboxylic acids is 4. The third-order valence-electron chi connectivity index (χ3n) is 15.0. The van der Waals surface area contributed by atoms with E-state index in [1.165, 1.54) is 68.2 Å². The number of halogens is 5. The van der Waals surface area contributed by atoms with Crippen LogP contribution in [0.25, 0.3) is 63.9 Å². The summed E-state index contributed by atoms with van der Waals surface area (Å²) in [6.07, 6.45) is 22.4. The van der Waals surface area contributed by atoms with Gasteiger partial charge in [-0.05, 0) is 188 Å². The number of benzene rings is 4. The summed E-state index contributed by atoms with van der Waals surface area (Å²) in [5.74, 6) is 2.16. The molecule has 7 aromatic heterocycles. The van der Waals surface area contributed by atoms with Crippen LogP contribution >= 0.6 is 80.0 Å². The predicted molar refractivity (Wildman–Crippen MR) is 427 cm³/mol. The third-order valence-corrected chi connectivity index (χ3v) is 17.5. The van der Waals surface area contributed by atoms with E-state index in [0.717, 1.165) is 87.3 Å². The molecule has 4 aliphatic carbocycles. The third kappa shape index (κ3) is 22.7. The van der Waals surface area contributed by atoms with Crippen LogP contribution in [0.1, 0.15) is 137 Å². The molecule has 109 heavy (non-hydrogen) atoms. The Kier molecular flexibility index (Phi) is 27.3. The summed E-state index contributed by atoms with van der Waals surface area (Å²) < 4.78 is 37.5. The van der Waals surface area contributed by atoms with Gasteiger partial charge in [-0.15, -0.1) is 0 Å². The van der Waals surface area contributed by atoms with Crippen LogP contribution in [0.4, 0.5) is 18.0 Å². The molecule has 0 aliphatic heterocycles. The zero-order chi connectivity index (χ0) is 78.2. The standard InChI is InChI=1S/2C20H19N5O3.C13H10IN3O2.C12H6Cl3IN2O.C8H12N2O.C2H5NO/c2*1-11(2)27-18-10-21-9-17(23-18)15-7-6-13-4-5-14(8-16(13)15)19-24-20(28-25-19)22-12(3)26;1-7(18)15-13-16-12(17-19-13)9-3-2-8-4-5-11(14)10(8)6-9;13-12(14,15)11-17-10(18-19-11)7-2-1-6-3-4-9(16)8(6)5-7;1-6(2)11-8-5-9-4-7(3)10-8;1-2(3)4/h2*4-5,7-11H,6H2,1-3H3,(H,22,24,25,26);2-3,5-6H,4H2,1H3,(H,15,16,17,18);1-2,4-5H,3H2;4-6H,1-3H3;1H3,(H2,3,4). The lowest BCUT2D eigenvalue weighted by atomic mass is 10.0. The second-order valence-electron chi connectivity index (χ2n) is 25.0. The number of hydrogen-bond acceptors (Lipinski definition) is 25. The molecule has 0 radical (unpaired) electrons. The minimum Gasteiger partial charge on any atom is -0.474 e. The number of anilines is 3. The van der Waals surface area contributed by atoms with Gasteiger partial charge in [0.1, 0.15) is 0 Å². The topological polar surface area (TPSA) is 391 Å². The van der Waals surface area contributed by atoms with Crippen LogP contribution in [-0.4, -0.2) is 112 Å². The maximum atomic E-state index is 11.1. The number of alkyl halides is 3. The Morgan fingerprint density at radius 1 is 0.440 bits per heavy atom. The molecule has 4 aromatic carbocycles. The first-order valence-corrected chi connectivity index (χ1v) is 36.9. The second-order valence-corrected chi connectivity index (χ2v) is 29.6. The number of nitrogens with zero attached hydrogens (tertiary/aromatic N) is 14. The zero-order valence-electron chi connectivity index (χ0n) is 60.5. The first-order chi connectivity index (χ1) is 52.0. The number of ether oxygens (including phenoxy) is 3.